The van der Waals surface area contributed by atoms with Crippen LogP contribution in [-0.2, 0) is 4.79 Å². The number of carbonyl (C=O) groups is 1. The summed E-state index contributed by atoms with van der Waals surface area (Å²) in [7, 11) is 0. The molecule has 0 aliphatic heterocycles. The maximum Gasteiger partial charge on any atom is 0.249 e. The van der Waals surface area contributed by atoms with Crippen LogP contribution in [0.25, 0.3) is 0 Å². The predicted octanol–water partition coefficient (Wildman–Crippen LogP) is 10.8. The van der Waals surface area contributed by atoms with Gasteiger partial charge in [0.2, 0.25) is 5.91 Å². The van der Waals surface area contributed by atoms with E-state index in [0.29, 0.717) is 12.8 Å². The first-order chi connectivity index (χ1) is 23.5. The van der Waals surface area contributed by atoms with E-state index in [1.807, 2.05) is 0 Å². The summed E-state index contributed by atoms with van der Waals surface area (Å²) in [6.07, 6.45) is 38.6. The minimum absolute atomic E-state index is 0.373. The van der Waals surface area contributed by atoms with Gasteiger partial charge >= 0.3 is 0 Å². The lowest BCUT2D eigenvalue weighted by molar-refractivity contribution is -0.132. The molecule has 6 heteroatoms. The van der Waals surface area contributed by atoms with Crippen LogP contribution < -0.4 is 5.32 Å². The zero-order valence-electron chi connectivity index (χ0n) is 32.3. The van der Waals surface area contributed by atoms with E-state index in [0.717, 1.165) is 38.5 Å². The fourth-order valence-corrected chi connectivity index (χ4v) is 6.88. The minimum atomic E-state index is -1.25. The molecule has 0 fully saturated rings. The van der Waals surface area contributed by atoms with Gasteiger partial charge in [-0.3, -0.25) is 4.79 Å². The number of nitrogens with one attached hydrogen (secondary N) is 1. The van der Waals surface area contributed by atoms with Crippen LogP contribution in [0.15, 0.2) is 0 Å². The van der Waals surface area contributed by atoms with E-state index in [-0.39, 0.29) is 0 Å². The zero-order valence-corrected chi connectivity index (χ0v) is 32.3. The van der Waals surface area contributed by atoms with Crippen molar-refractivity contribution in [3.63, 3.8) is 0 Å². The van der Waals surface area contributed by atoms with Crippen molar-refractivity contribution >= 4 is 5.91 Å². The standard InChI is InChI=1S/C42H85NO5/c1-3-5-7-9-11-13-14-15-16-17-18-19-20-21-22-23-24-25-26-28-29-31-33-35-39(45)41(47)38(37-44)43-42(48)40(46)36-34-32-30-27-12-10-8-6-4-2/h38-41,44-47H,3-37H2,1-2H3,(H,43,48). The number of amides is 1. The van der Waals surface area contributed by atoms with E-state index in [2.05, 4.69) is 19.2 Å². The summed E-state index contributed by atoms with van der Waals surface area (Å²) in [5.41, 5.74) is 0. The Morgan fingerprint density at radius 1 is 0.438 bits per heavy atom. The third-order valence-electron chi connectivity index (χ3n) is 10.3. The molecule has 288 valence electrons. The highest BCUT2D eigenvalue weighted by atomic mass is 16.3. The molecule has 6 nitrogen and oxygen atoms in total. The highest BCUT2D eigenvalue weighted by Crippen LogP contribution is 2.17. The second-order valence-electron chi connectivity index (χ2n) is 15.1. The molecule has 48 heavy (non-hydrogen) atoms. The molecule has 5 N–H and O–H groups in total. The monoisotopic (exact) mass is 684 g/mol. The van der Waals surface area contributed by atoms with Crippen LogP contribution in [0.4, 0.5) is 0 Å². The number of carbonyl (C=O) groups excluding carboxylic acids is 1. The van der Waals surface area contributed by atoms with Crippen LogP contribution in [0, 0.1) is 0 Å². The van der Waals surface area contributed by atoms with Gasteiger partial charge in [0.15, 0.2) is 0 Å². The first kappa shape index (κ1) is 47.3. The molecular formula is C42H85NO5. The summed E-state index contributed by atoms with van der Waals surface area (Å²) in [5.74, 6) is -0.584. The Labute approximate surface area is 299 Å². The Balaban J connectivity index is 3.62. The van der Waals surface area contributed by atoms with Gasteiger partial charge in [-0.1, -0.05) is 219 Å². The minimum Gasteiger partial charge on any atom is -0.394 e. The van der Waals surface area contributed by atoms with Crippen LogP contribution in [0.5, 0.6) is 0 Å². The van der Waals surface area contributed by atoms with E-state index in [1.54, 1.807) is 0 Å². The lowest BCUT2D eigenvalue weighted by atomic mass is 9.99. The van der Waals surface area contributed by atoms with Gasteiger partial charge in [-0.2, -0.15) is 0 Å². The molecule has 0 rings (SSSR count). The molecule has 4 atom stereocenters. The summed E-state index contributed by atoms with van der Waals surface area (Å²) < 4.78 is 0. The largest absolute Gasteiger partial charge is 0.394 e. The predicted molar refractivity (Wildman–Crippen MR) is 205 cm³/mol. The Kier molecular flexibility index (Phi) is 37.0. The molecule has 0 aliphatic rings. The van der Waals surface area contributed by atoms with Gasteiger partial charge in [-0.15, -0.1) is 0 Å². The second-order valence-corrected chi connectivity index (χ2v) is 15.1. The van der Waals surface area contributed by atoms with Crippen LogP contribution in [0.2, 0.25) is 0 Å². The molecule has 0 aliphatic carbocycles. The number of hydrogen-bond acceptors (Lipinski definition) is 5. The molecule has 1 amide bonds. The number of rotatable bonds is 39. The highest BCUT2D eigenvalue weighted by molar-refractivity contribution is 5.80. The fourth-order valence-electron chi connectivity index (χ4n) is 6.88. The molecule has 0 radical (unpaired) electrons. The molecule has 4 unspecified atom stereocenters. The Bertz CT molecular complexity index is 648. The molecule has 0 bridgehead atoms. The quantitative estimate of drug-likeness (QED) is 0.0414. The summed E-state index contributed by atoms with van der Waals surface area (Å²) in [5, 5.41) is 43.5. The smallest absolute Gasteiger partial charge is 0.249 e. The Hall–Kier alpha value is -0.690. The van der Waals surface area contributed by atoms with Crippen molar-refractivity contribution < 1.29 is 25.2 Å². The second kappa shape index (κ2) is 37.6. The third-order valence-corrected chi connectivity index (χ3v) is 10.3. The van der Waals surface area contributed by atoms with Gasteiger partial charge in [0.05, 0.1) is 18.8 Å². The number of unbranched alkanes of at least 4 members (excludes halogenated alkanes) is 30. The van der Waals surface area contributed by atoms with E-state index in [1.165, 1.54) is 167 Å². The van der Waals surface area contributed by atoms with Crippen molar-refractivity contribution in [1.82, 2.24) is 5.32 Å². The van der Waals surface area contributed by atoms with Crippen molar-refractivity contribution in [2.75, 3.05) is 6.61 Å². The lowest BCUT2D eigenvalue weighted by Gasteiger charge is -2.27. The maximum absolute atomic E-state index is 12.4. The highest BCUT2D eigenvalue weighted by Gasteiger charge is 2.28. The topological polar surface area (TPSA) is 110 Å². The summed E-state index contributed by atoms with van der Waals surface area (Å²) >= 11 is 0. The Morgan fingerprint density at radius 3 is 1.00 bits per heavy atom. The molecule has 0 spiro atoms. The SMILES string of the molecule is CCCCCCCCCCCCCCCCCCCCCCCCCC(O)C(O)C(CO)NC(=O)C(O)CCCCCCCCCCC. The number of aliphatic hydroxyl groups excluding tert-OH is 4. The summed E-state index contributed by atoms with van der Waals surface area (Å²) in [6.45, 7) is 4.03. The summed E-state index contributed by atoms with van der Waals surface area (Å²) in [6, 6.07) is -0.977. The van der Waals surface area contributed by atoms with Crippen molar-refractivity contribution in [2.24, 2.45) is 0 Å². The first-order valence-corrected chi connectivity index (χ1v) is 21.4. The van der Waals surface area contributed by atoms with Crippen molar-refractivity contribution in [2.45, 2.75) is 257 Å². The summed E-state index contributed by atoms with van der Waals surface area (Å²) in [4.78, 5) is 12.4. The van der Waals surface area contributed by atoms with Gasteiger partial charge < -0.3 is 25.7 Å². The number of hydrogen-bond donors (Lipinski definition) is 5. The average molecular weight is 684 g/mol. The van der Waals surface area contributed by atoms with Crippen LogP contribution in [-0.4, -0.2) is 57.3 Å². The van der Waals surface area contributed by atoms with Crippen molar-refractivity contribution in [3.8, 4) is 0 Å². The van der Waals surface area contributed by atoms with E-state index >= 15 is 0 Å². The molecular weight excluding hydrogens is 598 g/mol. The van der Waals surface area contributed by atoms with Gasteiger partial charge in [0, 0.05) is 0 Å². The van der Waals surface area contributed by atoms with Gasteiger partial charge in [-0.25, -0.2) is 0 Å². The average Bonchev–Trinajstić information content (AvgIpc) is 3.09. The van der Waals surface area contributed by atoms with Gasteiger partial charge in [0.25, 0.3) is 0 Å². The van der Waals surface area contributed by atoms with Crippen LogP contribution >= 0.6 is 0 Å². The fraction of sp³-hybridized carbons (Fsp3) is 0.976. The van der Waals surface area contributed by atoms with E-state index in [9.17, 15) is 25.2 Å². The zero-order chi connectivity index (χ0) is 35.3. The first-order valence-electron chi connectivity index (χ1n) is 21.4. The lowest BCUT2D eigenvalue weighted by Crippen LogP contribution is -2.53. The van der Waals surface area contributed by atoms with Crippen LogP contribution in [0.3, 0.4) is 0 Å². The van der Waals surface area contributed by atoms with Crippen molar-refractivity contribution in [3.05, 3.63) is 0 Å². The molecule has 0 saturated carbocycles. The van der Waals surface area contributed by atoms with Crippen LogP contribution in [0.1, 0.15) is 232 Å². The van der Waals surface area contributed by atoms with E-state index < -0.39 is 36.9 Å². The molecule has 0 heterocycles. The molecule has 0 aromatic heterocycles. The normalized spacial score (nSPS) is 14.2. The van der Waals surface area contributed by atoms with Crippen molar-refractivity contribution in [1.29, 1.82) is 0 Å². The molecule has 0 saturated heterocycles. The Morgan fingerprint density at radius 2 is 0.708 bits per heavy atom. The van der Waals surface area contributed by atoms with Gasteiger partial charge in [0.1, 0.15) is 12.2 Å². The van der Waals surface area contributed by atoms with Gasteiger partial charge in [-0.05, 0) is 12.8 Å². The number of aliphatic hydroxyl groups is 4. The molecule has 0 aromatic rings. The van der Waals surface area contributed by atoms with E-state index in [4.69, 9.17) is 0 Å². The molecule has 0 aromatic carbocycles. The maximum atomic E-state index is 12.4. The third kappa shape index (κ3) is 31.3.